The third-order valence-corrected chi connectivity index (χ3v) is 11.3. The van der Waals surface area contributed by atoms with E-state index in [9.17, 15) is 60.0 Å². The van der Waals surface area contributed by atoms with Crippen LogP contribution in [-0.2, 0) is 23.9 Å². The number of nitrogens with one attached hydrogen (secondary N) is 2. The number of hydrogen-bond donors (Lipinski definition) is 10. The van der Waals surface area contributed by atoms with Gasteiger partial charge in [-0.2, -0.15) is 4.73 Å². The number of carboxylic acid groups (broad SMARTS) is 1. The molecular formula is C46H49N3O17. The molecule has 3 aromatic heterocycles. The lowest BCUT2D eigenvalue weighted by atomic mass is 9.76. The number of rotatable bonds is 19. The Hall–Kier alpha value is -6.62. The van der Waals surface area contributed by atoms with Crippen LogP contribution in [0.2, 0.25) is 0 Å². The van der Waals surface area contributed by atoms with E-state index in [1.807, 2.05) is 32.0 Å². The quantitative estimate of drug-likeness (QED) is 0.0181. The number of hydrogen-bond acceptors (Lipinski definition) is 17. The van der Waals surface area contributed by atoms with Crippen molar-refractivity contribution in [3.8, 4) is 33.9 Å². The molecule has 1 aliphatic heterocycles. The number of phenolic OH excluding ortho intramolecular Hbond substituents is 1. The summed E-state index contributed by atoms with van der Waals surface area (Å²) in [5.74, 6) is -7.07. The molecular weight excluding hydrogens is 867 g/mol. The predicted octanol–water partition coefficient (Wildman–Crippen LogP) is 1.41. The lowest BCUT2D eigenvalue weighted by Crippen LogP contribution is -2.78. The summed E-state index contributed by atoms with van der Waals surface area (Å²) in [4.78, 5) is 59.8. The Balaban J connectivity index is 1.36. The molecule has 1 saturated heterocycles. The molecule has 0 spiro atoms. The van der Waals surface area contributed by atoms with E-state index in [0.29, 0.717) is 34.0 Å². The molecule has 1 aliphatic rings. The van der Waals surface area contributed by atoms with Gasteiger partial charge in [0.15, 0.2) is 17.1 Å². The highest BCUT2D eigenvalue weighted by Crippen LogP contribution is 2.42. The summed E-state index contributed by atoms with van der Waals surface area (Å²) >= 11 is 0. The lowest BCUT2D eigenvalue weighted by Gasteiger charge is -2.53. The van der Waals surface area contributed by atoms with Gasteiger partial charge < -0.3 is 74.1 Å². The smallest absolute Gasteiger partial charge is 0.337 e. The third-order valence-electron chi connectivity index (χ3n) is 11.3. The molecule has 8 unspecified atom stereocenters. The molecule has 6 aromatic rings. The van der Waals surface area contributed by atoms with Gasteiger partial charge in [-0.1, -0.05) is 29.3 Å². The zero-order valence-electron chi connectivity index (χ0n) is 35.6. The van der Waals surface area contributed by atoms with E-state index in [4.69, 9.17) is 23.5 Å². The van der Waals surface area contributed by atoms with Gasteiger partial charge in [0.25, 0.3) is 5.79 Å². The Kier molecular flexibility index (Phi) is 14.0. The van der Waals surface area contributed by atoms with Crippen molar-refractivity contribution >= 4 is 40.1 Å². The molecule has 4 heterocycles. The van der Waals surface area contributed by atoms with Crippen LogP contribution in [0.4, 0.5) is 0 Å². The van der Waals surface area contributed by atoms with Crippen molar-refractivity contribution in [3.05, 3.63) is 107 Å². The number of carboxylic acids is 1. The molecule has 7 rings (SSSR count). The second kappa shape index (κ2) is 19.5. The van der Waals surface area contributed by atoms with Crippen LogP contribution in [0.25, 0.3) is 44.3 Å². The third kappa shape index (κ3) is 9.26. The minimum absolute atomic E-state index is 0.0116. The average Bonchev–Trinajstić information content (AvgIpc) is 3.88. The molecule has 66 heavy (non-hydrogen) atoms. The van der Waals surface area contributed by atoms with Gasteiger partial charge in [0.05, 0.1) is 28.8 Å². The number of fused-ring (bicyclic) bond motifs is 2. The van der Waals surface area contributed by atoms with E-state index in [1.165, 1.54) is 53.5 Å². The fourth-order valence-electron chi connectivity index (χ4n) is 8.11. The van der Waals surface area contributed by atoms with Crippen LogP contribution in [-0.4, -0.2) is 137 Å². The number of H-pyrrole nitrogens is 1. The van der Waals surface area contributed by atoms with Crippen LogP contribution < -0.4 is 20.3 Å². The number of nitrogens with zero attached hydrogens (tertiary/aromatic N) is 1. The number of ether oxygens (including phenoxy) is 3. The van der Waals surface area contributed by atoms with Gasteiger partial charge in [0, 0.05) is 42.8 Å². The number of aromatic hydroxyl groups is 1. The van der Waals surface area contributed by atoms with E-state index in [1.54, 1.807) is 18.5 Å². The lowest BCUT2D eigenvalue weighted by molar-refractivity contribution is -0.386. The van der Waals surface area contributed by atoms with Gasteiger partial charge in [0.1, 0.15) is 48.0 Å². The Morgan fingerprint density at radius 2 is 1.77 bits per heavy atom. The van der Waals surface area contributed by atoms with Crippen molar-refractivity contribution in [2.45, 2.75) is 81.2 Å². The maximum Gasteiger partial charge on any atom is 0.337 e. The summed E-state index contributed by atoms with van der Waals surface area (Å²) in [6.45, 7) is 1.38. The molecule has 3 aromatic carbocycles. The van der Waals surface area contributed by atoms with Crippen molar-refractivity contribution < 1.29 is 78.7 Å². The second-order valence-electron chi connectivity index (χ2n) is 16.1. The Morgan fingerprint density at radius 3 is 2.44 bits per heavy atom. The molecule has 0 bridgehead atoms. The summed E-state index contributed by atoms with van der Waals surface area (Å²) < 4.78 is 24.7. The number of benzene rings is 3. The number of aromatic nitrogens is 2. The first-order valence-electron chi connectivity index (χ1n) is 20.8. The highest BCUT2D eigenvalue weighted by atomic mass is 16.8. The topological polar surface area (TPSA) is 313 Å². The monoisotopic (exact) mass is 915 g/mol. The summed E-state index contributed by atoms with van der Waals surface area (Å²) in [7, 11) is 0. The number of carbonyl (C=O) groups is 3. The maximum atomic E-state index is 13.7. The van der Waals surface area contributed by atoms with Gasteiger partial charge in [-0.3, -0.25) is 10.1 Å². The number of phenols is 1. The van der Waals surface area contributed by atoms with Gasteiger partial charge in [-0.15, -0.1) is 0 Å². The number of aldehydes is 1. The summed E-state index contributed by atoms with van der Waals surface area (Å²) in [5.41, 5.74) is 0.489. The summed E-state index contributed by atoms with van der Waals surface area (Å²) in [5, 5.41) is 91.9. The number of carbonyl (C=O) groups excluding carboxylic acids is 2. The summed E-state index contributed by atoms with van der Waals surface area (Å²) in [6.07, 6.45) is -7.17. The van der Waals surface area contributed by atoms with Crippen molar-refractivity contribution in [3.63, 3.8) is 0 Å². The predicted molar refractivity (Wildman–Crippen MR) is 232 cm³/mol. The summed E-state index contributed by atoms with van der Waals surface area (Å²) in [6, 6.07) is 15.0. The SMILES string of the molecule is Cc1cc(C)cc(-c2c3[nH]ccc3cn2OC2C(Oc3ccc4c(=O)c(-c5ccc(O)cc5)coc4c3)OC(C(O)(CO)OC(=O)C(NCCC=O)C(=O)O)C(O)C2(O)C(O)CCCO)c1. The number of aliphatic hydroxyl groups excluding tert-OH is 4. The van der Waals surface area contributed by atoms with E-state index < -0.39 is 85.1 Å². The molecule has 0 saturated carbocycles. The maximum absolute atomic E-state index is 13.7. The average molecular weight is 916 g/mol. The standard InChI is InChI=1S/C46H49N3O17/c1-24-17-25(2)19-28(18-24)37-35-27(12-14-48-35)21-49(37)66-41-44(63-30-10-11-31-33(20-30)62-22-32(38(31)55)26-6-8-29(53)9-7-26)64-40(39(56)46(41,61)34(54)5-3-15-50)45(60,23-52)65-43(59)36(42(57)58)47-13-4-16-51/h6-12,14,16-22,34,36,39-41,44,47-48,50,52-54,56,60-61H,3-5,13,15,23H2,1-2H3,(H,57,58). The Morgan fingerprint density at radius 1 is 1.05 bits per heavy atom. The molecule has 20 nitrogen and oxygen atoms in total. The number of esters is 1. The zero-order valence-corrected chi connectivity index (χ0v) is 35.6. The van der Waals surface area contributed by atoms with Crippen LogP contribution in [0.1, 0.15) is 30.4 Å². The van der Waals surface area contributed by atoms with E-state index in [0.717, 1.165) is 11.1 Å². The van der Waals surface area contributed by atoms with Gasteiger partial charge in [-0.05, 0) is 74.7 Å². The van der Waals surface area contributed by atoms with Crippen LogP contribution in [0.5, 0.6) is 11.5 Å². The van der Waals surface area contributed by atoms with Crippen LogP contribution >= 0.6 is 0 Å². The highest BCUT2D eigenvalue weighted by Gasteiger charge is 2.67. The van der Waals surface area contributed by atoms with Gasteiger partial charge >= 0.3 is 11.9 Å². The van der Waals surface area contributed by atoms with Crippen molar-refractivity contribution in [2.75, 3.05) is 19.8 Å². The first kappa shape index (κ1) is 47.3. The highest BCUT2D eigenvalue weighted by molar-refractivity contribution is 5.98. The molecule has 0 amide bonds. The fraction of sp³-hybridized carbons (Fsp3) is 0.348. The first-order chi connectivity index (χ1) is 31.5. The minimum Gasteiger partial charge on any atom is -0.508 e. The first-order valence-corrected chi connectivity index (χ1v) is 20.8. The molecule has 10 N–H and O–H groups in total. The van der Waals surface area contributed by atoms with Crippen molar-refractivity contribution in [2.24, 2.45) is 0 Å². The van der Waals surface area contributed by atoms with Crippen LogP contribution in [0.3, 0.4) is 0 Å². The van der Waals surface area contributed by atoms with Gasteiger partial charge in [0.2, 0.25) is 18.4 Å². The number of aliphatic carboxylic acids is 1. The number of aryl methyl sites for hydroxylation is 2. The van der Waals surface area contributed by atoms with E-state index in [-0.39, 0.29) is 47.4 Å². The minimum atomic E-state index is -3.40. The van der Waals surface area contributed by atoms with Gasteiger partial charge in [-0.25, -0.2) is 9.59 Å². The van der Waals surface area contributed by atoms with Crippen molar-refractivity contribution in [1.29, 1.82) is 0 Å². The van der Waals surface area contributed by atoms with Crippen LogP contribution in [0.15, 0.2) is 94.6 Å². The van der Waals surface area contributed by atoms with E-state index in [2.05, 4.69) is 10.3 Å². The molecule has 0 aliphatic carbocycles. The van der Waals surface area contributed by atoms with E-state index >= 15 is 0 Å². The molecule has 1 fully saturated rings. The molecule has 20 heteroatoms. The zero-order chi connectivity index (χ0) is 47.5. The Labute approximate surface area is 374 Å². The molecule has 8 atom stereocenters. The second-order valence-corrected chi connectivity index (χ2v) is 16.1. The number of aromatic amines is 1. The Bertz CT molecular complexity index is 2750. The molecule has 0 radical (unpaired) electrons. The number of aliphatic hydroxyl groups is 6. The van der Waals surface area contributed by atoms with Crippen LogP contribution in [0, 0.1) is 13.8 Å². The van der Waals surface area contributed by atoms with Crippen molar-refractivity contribution in [1.82, 2.24) is 15.0 Å². The largest absolute Gasteiger partial charge is 0.508 e. The fourth-order valence-corrected chi connectivity index (χ4v) is 8.11. The normalized spacial score (nSPS) is 21.5. The molecule has 350 valence electrons.